The summed E-state index contributed by atoms with van der Waals surface area (Å²) in [5.41, 5.74) is 0. The zero-order chi connectivity index (χ0) is 28.4. The van der Waals surface area contributed by atoms with Crippen LogP contribution in [0, 0.1) is 0 Å². The maximum atomic E-state index is 14.0. The molecule has 34 heavy (non-hydrogen) atoms. The number of halogens is 22. The summed E-state index contributed by atoms with van der Waals surface area (Å²) in [4.78, 5) is 0. The van der Waals surface area contributed by atoms with Gasteiger partial charge >= 0.3 is 60.5 Å². The summed E-state index contributed by atoms with van der Waals surface area (Å²) >= 11 is 0. The third-order valence-electron chi connectivity index (χ3n) is 3.16. The first-order valence-corrected chi connectivity index (χ1v) is 6.72. The van der Waals surface area contributed by atoms with Gasteiger partial charge in [-0.3, -0.25) is 9.47 Å². The highest BCUT2D eigenvalue weighted by atomic mass is 19.5. The van der Waals surface area contributed by atoms with Gasteiger partial charge < -0.3 is 0 Å². The summed E-state index contributed by atoms with van der Waals surface area (Å²) < 4.78 is 280. The molecule has 0 aliphatic heterocycles. The van der Waals surface area contributed by atoms with Crippen LogP contribution < -0.4 is 0 Å². The van der Waals surface area contributed by atoms with E-state index in [1.807, 2.05) is 0 Å². The molecule has 0 N–H and O–H groups in total. The zero-order valence-corrected chi connectivity index (χ0v) is 14.1. The lowest BCUT2D eigenvalue weighted by Gasteiger charge is -2.45. The predicted molar refractivity (Wildman–Crippen MR) is 53.9 cm³/mol. The molecule has 0 aromatic rings. The van der Waals surface area contributed by atoms with Crippen LogP contribution in [0.5, 0.6) is 0 Å². The third-order valence-corrected chi connectivity index (χ3v) is 3.16. The fourth-order valence-corrected chi connectivity index (χ4v) is 1.55. The second-order valence-electron chi connectivity index (χ2n) is 5.57. The number of ether oxygens (including phenoxy) is 2. The minimum absolute atomic E-state index is 0.952. The Morgan fingerprint density at radius 1 is 0.206 bits per heavy atom. The van der Waals surface area contributed by atoms with E-state index in [4.69, 9.17) is 0 Å². The Hall–Kier alpha value is -1.62. The summed E-state index contributed by atoms with van der Waals surface area (Å²) in [6, 6.07) is 0. The average Bonchev–Trinajstić information content (AvgIpc) is 2.47. The molecule has 0 aromatic carbocycles. The van der Waals surface area contributed by atoms with Gasteiger partial charge in [0.2, 0.25) is 0 Å². The van der Waals surface area contributed by atoms with E-state index in [-0.39, 0.29) is 0 Å². The molecule has 0 saturated carbocycles. The summed E-state index contributed by atoms with van der Waals surface area (Å²) in [6.45, 7) is 0. The van der Waals surface area contributed by atoms with Gasteiger partial charge in [0.15, 0.2) is 0 Å². The van der Waals surface area contributed by atoms with E-state index in [0.29, 0.717) is 0 Å². The second kappa shape index (κ2) is 7.94. The van der Waals surface area contributed by atoms with Crippen LogP contribution >= 0.6 is 0 Å². The van der Waals surface area contributed by atoms with Crippen LogP contribution in [-0.4, -0.2) is 60.5 Å². The van der Waals surface area contributed by atoms with Crippen LogP contribution in [0.2, 0.25) is 0 Å². The standard InChI is InChI=1S/C10F22O2/c11-1(5(15,16)17,33-3(13,7(21,22)23)8(24,25)26)2(12,6(18,19)20)34-4(14,9(27,28)29)10(30,31)32. The van der Waals surface area contributed by atoms with Gasteiger partial charge in [-0.1, -0.05) is 0 Å². The normalized spacial score (nSPS) is 19.6. The van der Waals surface area contributed by atoms with Crippen molar-refractivity contribution in [1.29, 1.82) is 0 Å². The lowest BCUT2D eigenvalue weighted by molar-refractivity contribution is -0.574. The second-order valence-corrected chi connectivity index (χ2v) is 5.57. The minimum atomic E-state index is -8.95. The van der Waals surface area contributed by atoms with E-state index >= 15 is 0 Å². The van der Waals surface area contributed by atoms with Crippen molar-refractivity contribution >= 4 is 0 Å². The molecule has 0 spiro atoms. The number of hydrogen-bond donors (Lipinski definition) is 0. The van der Waals surface area contributed by atoms with Gasteiger partial charge in [0.1, 0.15) is 0 Å². The van der Waals surface area contributed by atoms with Crippen molar-refractivity contribution < 1.29 is 106 Å². The van der Waals surface area contributed by atoms with Crippen molar-refractivity contribution in [2.24, 2.45) is 0 Å². The van der Waals surface area contributed by atoms with Gasteiger partial charge in [-0.05, 0) is 0 Å². The van der Waals surface area contributed by atoms with Gasteiger partial charge in [-0.15, -0.1) is 0 Å². The van der Waals surface area contributed by atoms with Crippen LogP contribution in [0.15, 0.2) is 0 Å². The average molecular weight is 570 g/mol. The van der Waals surface area contributed by atoms with Crippen molar-refractivity contribution in [1.82, 2.24) is 0 Å². The van der Waals surface area contributed by atoms with Crippen LogP contribution in [0.25, 0.3) is 0 Å². The van der Waals surface area contributed by atoms with Crippen molar-refractivity contribution in [2.45, 2.75) is 60.5 Å². The van der Waals surface area contributed by atoms with Crippen molar-refractivity contribution in [2.75, 3.05) is 0 Å². The van der Waals surface area contributed by atoms with E-state index in [0.717, 1.165) is 9.47 Å². The molecule has 0 rings (SSSR count). The first kappa shape index (κ1) is 32.4. The summed E-state index contributed by atoms with van der Waals surface area (Å²) in [5, 5.41) is 0. The molecule has 0 aliphatic carbocycles. The molecule has 0 aromatic heterocycles. The maximum absolute atomic E-state index is 14.0. The first-order chi connectivity index (χ1) is 14.2. The molecule has 0 heterocycles. The summed E-state index contributed by atoms with van der Waals surface area (Å²) in [6.07, 6.45) is -49.9. The highest BCUT2D eigenvalue weighted by molar-refractivity contribution is 5.04. The molecular formula is C10F22O2. The van der Waals surface area contributed by atoms with Crippen LogP contribution in [0.4, 0.5) is 96.6 Å². The Kier molecular flexibility index (Phi) is 7.57. The Morgan fingerprint density at radius 3 is 0.412 bits per heavy atom. The smallest absolute Gasteiger partial charge is 0.282 e. The van der Waals surface area contributed by atoms with Gasteiger partial charge in [0, 0.05) is 0 Å². The van der Waals surface area contributed by atoms with Gasteiger partial charge in [0.25, 0.3) is 0 Å². The molecule has 2 unspecified atom stereocenters. The van der Waals surface area contributed by atoms with Gasteiger partial charge in [-0.25, -0.2) is 0 Å². The molecule has 2 atom stereocenters. The topological polar surface area (TPSA) is 18.5 Å². The third kappa shape index (κ3) is 4.87. The molecule has 0 bridgehead atoms. The maximum Gasteiger partial charge on any atom is 0.458 e. The van der Waals surface area contributed by atoms with Crippen molar-refractivity contribution in [3.63, 3.8) is 0 Å². The Balaban J connectivity index is 7.58. The van der Waals surface area contributed by atoms with Gasteiger partial charge in [0.05, 0.1) is 0 Å². The highest BCUT2D eigenvalue weighted by Crippen LogP contribution is 2.62. The molecule has 0 fully saturated rings. The quantitative estimate of drug-likeness (QED) is 0.330. The molecule has 0 saturated heterocycles. The summed E-state index contributed by atoms with van der Waals surface area (Å²) in [7, 11) is 0. The molecule has 2 nitrogen and oxygen atoms in total. The highest BCUT2D eigenvalue weighted by Gasteiger charge is 2.92. The lowest BCUT2D eigenvalue weighted by atomic mass is 10.1. The lowest BCUT2D eigenvalue weighted by Crippen LogP contribution is -2.75. The number of alkyl halides is 22. The zero-order valence-electron chi connectivity index (χ0n) is 14.1. The molecular weight excluding hydrogens is 570 g/mol. The Morgan fingerprint density at radius 2 is 0.324 bits per heavy atom. The van der Waals surface area contributed by atoms with E-state index in [2.05, 4.69) is 0 Å². The molecule has 24 heteroatoms. The fourth-order valence-electron chi connectivity index (χ4n) is 1.55. The van der Waals surface area contributed by atoms with E-state index in [1.54, 1.807) is 0 Å². The molecule has 0 amide bonds. The Labute approximate surface area is 168 Å². The first-order valence-electron chi connectivity index (χ1n) is 6.72. The Bertz CT molecular complexity index is 627. The molecule has 0 aliphatic rings. The minimum Gasteiger partial charge on any atom is -0.282 e. The van der Waals surface area contributed by atoms with Crippen molar-refractivity contribution in [3.8, 4) is 0 Å². The molecule has 0 radical (unpaired) electrons. The molecule has 206 valence electrons. The van der Waals surface area contributed by atoms with Crippen LogP contribution in [0.1, 0.15) is 0 Å². The monoisotopic (exact) mass is 570 g/mol. The van der Waals surface area contributed by atoms with Crippen LogP contribution in [0.3, 0.4) is 0 Å². The summed E-state index contributed by atoms with van der Waals surface area (Å²) in [5.74, 6) is -34.8. The van der Waals surface area contributed by atoms with E-state index in [9.17, 15) is 96.6 Å². The van der Waals surface area contributed by atoms with Gasteiger partial charge in [-0.2, -0.15) is 96.6 Å². The van der Waals surface area contributed by atoms with E-state index < -0.39 is 60.5 Å². The van der Waals surface area contributed by atoms with Crippen molar-refractivity contribution in [3.05, 3.63) is 0 Å². The predicted octanol–water partition coefficient (Wildman–Crippen LogP) is 7.06. The largest absolute Gasteiger partial charge is 0.458 e. The SMILES string of the molecule is FC(F)(F)C(F)(OC(F)(C(F)(F)F)C(F)(OC(F)(C(F)(F)F)C(F)(F)F)C(F)(F)F)C(F)(F)F. The van der Waals surface area contributed by atoms with Crippen LogP contribution in [-0.2, 0) is 9.47 Å². The number of rotatable bonds is 5. The fraction of sp³-hybridized carbons (Fsp3) is 1.00. The van der Waals surface area contributed by atoms with E-state index in [1.165, 1.54) is 0 Å². The number of hydrogen-bond acceptors (Lipinski definition) is 2.